The largest absolute Gasteiger partial charge is 0.478 e. The van der Waals surface area contributed by atoms with Gasteiger partial charge in [-0.25, -0.2) is 9.18 Å². The van der Waals surface area contributed by atoms with Gasteiger partial charge in [0.2, 0.25) is 0 Å². The number of H-pyrrole nitrogens is 1. The molecule has 0 bridgehead atoms. The lowest BCUT2D eigenvalue weighted by molar-refractivity contribution is 0.0693. The maximum atomic E-state index is 13.3. The van der Waals surface area contributed by atoms with Gasteiger partial charge in [-0.15, -0.1) is 0 Å². The van der Waals surface area contributed by atoms with E-state index < -0.39 is 11.8 Å². The van der Waals surface area contributed by atoms with Gasteiger partial charge >= 0.3 is 5.97 Å². The Labute approximate surface area is 85.2 Å². The number of aromatic nitrogens is 1. The topological polar surface area (TPSA) is 53.1 Å². The zero-order valence-electron chi connectivity index (χ0n) is 7.70. The van der Waals surface area contributed by atoms with Crippen molar-refractivity contribution in [3.05, 3.63) is 47.9 Å². The molecule has 76 valence electrons. The molecule has 2 N–H and O–H groups in total. The molecule has 0 aliphatic carbocycles. The van der Waals surface area contributed by atoms with Crippen molar-refractivity contribution in [2.75, 3.05) is 0 Å². The van der Waals surface area contributed by atoms with E-state index >= 15 is 0 Å². The van der Waals surface area contributed by atoms with Crippen LogP contribution in [0.4, 0.5) is 4.39 Å². The fourth-order valence-electron chi connectivity index (χ4n) is 1.46. The van der Waals surface area contributed by atoms with Crippen molar-refractivity contribution in [2.24, 2.45) is 0 Å². The maximum Gasteiger partial charge on any atom is 0.339 e. The number of nitrogens with one attached hydrogen (secondary N) is 1. The van der Waals surface area contributed by atoms with E-state index in [2.05, 4.69) is 4.98 Å². The number of aromatic carboxylic acids is 1. The quantitative estimate of drug-likeness (QED) is 0.791. The van der Waals surface area contributed by atoms with Gasteiger partial charge in [0.25, 0.3) is 0 Å². The van der Waals surface area contributed by atoms with Crippen molar-refractivity contribution in [1.82, 2.24) is 4.98 Å². The summed E-state index contributed by atoms with van der Waals surface area (Å²) in [5.41, 5.74) is 0.638. The molecule has 0 saturated heterocycles. The second kappa shape index (κ2) is 3.57. The summed E-state index contributed by atoms with van der Waals surface area (Å²) in [5, 5.41) is 8.89. The van der Waals surface area contributed by atoms with E-state index in [0.717, 1.165) is 6.07 Å². The second-order valence-electron chi connectivity index (χ2n) is 3.05. The van der Waals surface area contributed by atoms with Gasteiger partial charge in [-0.1, -0.05) is 12.1 Å². The first-order valence-corrected chi connectivity index (χ1v) is 4.35. The second-order valence-corrected chi connectivity index (χ2v) is 3.05. The van der Waals surface area contributed by atoms with Gasteiger partial charge in [0.05, 0.1) is 0 Å². The molecule has 1 aromatic carbocycles. The highest BCUT2D eigenvalue weighted by atomic mass is 19.1. The van der Waals surface area contributed by atoms with Gasteiger partial charge in [0.15, 0.2) is 0 Å². The molecule has 4 heteroatoms. The number of carboxylic acid groups (broad SMARTS) is 1. The smallest absolute Gasteiger partial charge is 0.339 e. The summed E-state index contributed by atoms with van der Waals surface area (Å²) in [6, 6.07) is 7.61. The Morgan fingerprint density at radius 2 is 2.07 bits per heavy atom. The lowest BCUT2D eigenvalue weighted by Crippen LogP contribution is -2.03. The average Bonchev–Trinajstić information content (AvgIpc) is 2.69. The predicted molar refractivity (Wildman–Crippen MR) is 53.1 cm³/mol. The number of carboxylic acids is 1. The van der Waals surface area contributed by atoms with Gasteiger partial charge < -0.3 is 10.1 Å². The Bertz CT molecular complexity index is 491. The molecule has 0 spiro atoms. The highest BCUT2D eigenvalue weighted by Crippen LogP contribution is 2.24. The first-order valence-electron chi connectivity index (χ1n) is 4.35. The zero-order chi connectivity index (χ0) is 10.8. The normalized spacial score (nSPS) is 10.2. The van der Waals surface area contributed by atoms with Crippen LogP contribution >= 0.6 is 0 Å². The molecule has 0 amide bonds. The molecule has 2 rings (SSSR count). The van der Waals surface area contributed by atoms with Gasteiger partial charge in [0.1, 0.15) is 11.4 Å². The summed E-state index contributed by atoms with van der Waals surface area (Å²) < 4.78 is 13.3. The summed E-state index contributed by atoms with van der Waals surface area (Å²) in [7, 11) is 0. The summed E-state index contributed by atoms with van der Waals surface area (Å²) in [6.07, 6.45) is 1.66. The van der Waals surface area contributed by atoms with Crippen LogP contribution in [0.15, 0.2) is 36.5 Å². The van der Waals surface area contributed by atoms with Gasteiger partial charge in [0, 0.05) is 17.5 Å². The molecule has 0 unspecified atom stereocenters. The van der Waals surface area contributed by atoms with E-state index in [-0.39, 0.29) is 5.56 Å². The third-order valence-corrected chi connectivity index (χ3v) is 2.12. The standard InChI is InChI=1S/C11H8FNO2/c12-8-4-1-3-7(10(8)11(14)15)9-5-2-6-13-9/h1-6,13H,(H,14,15). The third-order valence-electron chi connectivity index (χ3n) is 2.12. The van der Waals surface area contributed by atoms with Crippen LogP contribution in [0.2, 0.25) is 0 Å². The molecule has 15 heavy (non-hydrogen) atoms. The van der Waals surface area contributed by atoms with Crippen LogP contribution in [-0.4, -0.2) is 16.1 Å². The summed E-state index contributed by atoms with van der Waals surface area (Å²) >= 11 is 0. The lowest BCUT2D eigenvalue weighted by atomic mass is 10.0. The number of carbonyl (C=O) groups is 1. The Balaban J connectivity index is 2.66. The number of rotatable bonds is 2. The van der Waals surface area contributed by atoms with Crippen LogP contribution in [0.1, 0.15) is 10.4 Å². The SMILES string of the molecule is O=C(O)c1c(F)cccc1-c1ccc[nH]1. The van der Waals surface area contributed by atoms with Crippen LogP contribution in [0, 0.1) is 5.82 Å². The lowest BCUT2D eigenvalue weighted by Gasteiger charge is -2.04. The van der Waals surface area contributed by atoms with E-state index in [1.165, 1.54) is 6.07 Å². The fraction of sp³-hybridized carbons (Fsp3) is 0. The molecule has 0 aliphatic heterocycles. The fourth-order valence-corrected chi connectivity index (χ4v) is 1.46. The Hall–Kier alpha value is -2.10. The molecule has 1 aromatic heterocycles. The minimum atomic E-state index is -1.27. The highest BCUT2D eigenvalue weighted by Gasteiger charge is 2.16. The number of halogens is 1. The van der Waals surface area contributed by atoms with Crippen molar-refractivity contribution in [3.63, 3.8) is 0 Å². The van der Waals surface area contributed by atoms with Gasteiger partial charge in [-0.2, -0.15) is 0 Å². The van der Waals surface area contributed by atoms with Crippen molar-refractivity contribution in [1.29, 1.82) is 0 Å². The van der Waals surface area contributed by atoms with Crippen molar-refractivity contribution < 1.29 is 14.3 Å². The average molecular weight is 205 g/mol. The molecule has 0 saturated carbocycles. The molecular weight excluding hydrogens is 197 g/mol. The van der Waals surface area contributed by atoms with Crippen LogP contribution in [0.3, 0.4) is 0 Å². The minimum absolute atomic E-state index is 0.306. The molecule has 0 fully saturated rings. The van der Waals surface area contributed by atoms with E-state index in [1.54, 1.807) is 24.4 Å². The molecule has 1 heterocycles. The van der Waals surface area contributed by atoms with Gasteiger partial charge in [-0.3, -0.25) is 0 Å². The van der Waals surface area contributed by atoms with Crippen molar-refractivity contribution >= 4 is 5.97 Å². The molecule has 0 aliphatic rings. The maximum absolute atomic E-state index is 13.3. The van der Waals surface area contributed by atoms with Crippen LogP contribution < -0.4 is 0 Å². The van der Waals surface area contributed by atoms with E-state index in [0.29, 0.717) is 11.3 Å². The first-order chi connectivity index (χ1) is 7.20. The first kappa shape index (κ1) is 9.45. The molecular formula is C11H8FNO2. The number of benzene rings is 1. The molecule has 0 atom stereocenters. The molecule has 0 radical (unpaired) electrons. The van der Waals surface area contributed by atoms with Crippen LogP contribution in [0.5, 0.6) is 0 Å². The minimum Gasteiger partial charge on any atom is -0.478 e. The summed E-state index contributed by atoms with van der Waals surface area (Å²) in [6.45, 7) is 0. The third kappa shape index (κ3) is 1.61. The van der Waals surface area contributed by atoms with Crippen LogP contribution in [0.25, 0.3) is 11.3 Å². The van der Waals surface area contributed by atoms with E-state index in [1.807, 2.05) is 0 Å². The van der Waals surface area contributed by atoms with Crippen molar-refractivity contribution in [2.45, 2.75) is 0 Å². The zero-order valence-corrected chi connectivity index (χ0v) is 7.70. The van der Waals surface area contributed by atoms with E-state index in [9.17, 15) is 9.18 Å². The monoisotopic (exact) mass is 205 g/mol. The van der Waals surface area contributed by atoms with E-state index in [4.69, 9.17) is 5.11 Å². The highest BCUT2D eigenvalue weighted by molar-refractivity contribution is 5.95. The molecule has 2 aromatic rings. The predicted octanol–water partition coefficient (Wildman–Crippen LogP) is 2.52. The van der Waals surface area contributed by atoms with Gasteiger partial charge in [-0.05, 0) is 18.2 Å². The molecule has 3 nitrogen and oxygen atoms in total. The number of aromatic amines is 1. The van der Waals surface area contributed by atoms with Crippen LogP contribution in [-0.2, 0) is 0 Å². The summed E-state index contributed by atoms with van der Waals surface area (Å²) in [4.78, 5) is 13.7. The Kier molecular flexibility index (Phi) is 2.25. The Morgan fingerprint density at radius 1 is 1.27 bits per heavy atom. The number of hydrogen-bond donors (Lipinski definition) is 2. The Morgan fingerprint density at radius 3 is 2.67 bits per heavy atom. The number of hydrogen-bond acceptors (Lipinski definition) is 1. The summed E-state index contributed by atoms with van der Waals surface area (Å²) in [5.74, 6) is -1.99. The van der Waals surface area contributed by atoms with Crippen molar-refractivity contribution in [3.8, 4) is 11.3 Å².